The summed E-state index contributed by atoms with van der Waals surface area (Å²) < 4.78 is 0. The predicted molar refractivity (Wildman–Crippen MR) is 101 cm³/mol. The first-order valence-electron chi connectivity index (χ1n) is 8.68. The van der Waals surface area contributed by atoms with E-state index in [0.717, 1.165) is 12.1 Å². The van der Waals surface area contributed by atoms with Gasteiger partial charge in [0.2, 0.25) is 0 Å². The van der Waals surface area contributed by atoms with Gasteiger partial charge in [-0.1, -0.05) is 52.0 Å². The quantitative estimate of drug-likeness (QED) is 0.609. The van der Waals surface area contributed by atoms with E-state index in [1.54, 1.807) is 0 Å². The number of aliphatic imine (C=N–C) groups is 1. The highest BCUT2D eigenvalue weighted by molar-refractivity contribution is 5.93. The maximum Gasteiger partial charge on any atom is 0.0671 e. The predicted octanol–water partition coefficient (Wildman–Crippen LogP) is 6.56. The first-order valence-corrected chi connectivity index (χ1v) is 8.68. The first kappa shape index (κ1) is 16.0. The Hall–Kier alpha value is -1.89. The summed E-state index contributed by atoms with van der Waals surface area (Å²) in [6, 6.07) is 11.5. The molecule has 120 valence electrons. The lowest BCUT2D eigenvalue weighted by Crippen LogP contribution is -2.00. The molecule has 1 aliphatic heterocycles. The van der Waals surface area contributed by atoms with Crippen LogP contribution in [-0.4, -0.2) is 5.71 Å². The molecule has 1 heteroatoms. The van der Waals surface area contributed by atoms with Crippen LogP contribution in [0.1, 0.15) is 68.7 Å². The molecule has 1 nitrogen and oxygen atoms in total. The molecule has 0 N–H and O–H groups in total. The van der Waals surface area contributed by atoms with Crippen molar-refractivity contribution >= 4 is 11.4 Å². The summed E-state index contributed by atoms with van der Waals surface area (Å²) in [7, 11) is 0. The highest BCUT2D eigenvalue weighted by atomic mass is 14.8. The van der Waals surface area contributed by atoms with Crippen molar-refractivity contribution in [3.05, 3.63) is 52.6 Å². The molecule has 0 aromatic heterocycles. The van der Waals surface area contributed by atoms with Crippen LogP contribution in [0, 0.1) is 6.92 Å². The van der Waals surface area contributed by atoms with Gasteiger partial charge in [0.05, 0.1) is 5.69 Å². The van der Waals surface area contributed by atoms with Crippen LogP contribution in [0.25, 0.3) is 11.1 Å². The lowest BCUT2D eigenvalue weighted by Gasteiger charge is -2.19. The van der Waals surface area contributed by atoms with Crippen molar-refractivity contribution < 1.29 is 0 Å². The van der Waals surface area contributed by atoms with Crippen LogP contribution in [0.5, 0.6) is 0 Å². The topological polar surface area (TPSA) is 12.4 Å². The number of rotatable bonds is 3. The smallest absolute Gasteiger partial charge is 0.0671 e. The van der Waals surface area contributed by atoms with Gasteiger partial charge in [0.25, 0.3) is 0 Å². The van der Waals surface area contributed by atoms with Crippen molar-refractivity contribution in [2.75, 3.05) is 0 Å². The second-order valence-electron chi connectivity index (χ2n) is 7.46. The van der Waals surface area contributed by atoms with Crippen LogP contribution < -0.4 is 0 Å². The van der Waals surface area contributed by atoms with Gasteiger partial charge in [0, 0.05) is 12.1 Å². The lowest BCUT2D eigenvalue weighted by atomic mass is 9.86. The molecule has 23 heavy (non-hydrogen) atoms. The van der Waals surface area contributed by atoms with Crippen LogP contribution in [0.2, 0.25) is 0 Å². The van der Waals surface area contributed by atoms with E-state index >= 15 is 0 Å². The first-order chi connectivity index (χ1) is 10.9. The summed E-state index contributed by atoms with van der Waals surface area (Å²) in [6.45, 7) is 13.5. The molecule has 1 heterocycles. The fourth-order valence-electron chi connectivity index (χ4n) is 3.64. The second-order valence-corrected chi connectivity index (χ2v) is 7.46. The minimum Gasteiger partial charge on any atom is -0.257 e. The molecular weight excluding hydrogens is 278 g/mol. The van der Waals surface area contributed by atoms with Gasteiger partial charge < -0.3 is 0 Å². The molecule has 0 bridgehead atoms. The second kappa shape index (κ2) is 5.96. The molecule has 3 rings (SSSR count). The van der Waals surface area contributed by atoms with Crippen molar-refractivity contribution in [3.63, 3.8) is 0 Å². The van der Waals surface area contributed by atoms with Crippen molar-refractivity contribution in [3.8, 4) is 11.1 Å². The maximum atomic E-state index is 4.69. The molecule has 0 unspecified atom stereocenters. The Morgan fingerprint density at radius 1 is 0.826 bits per heavy atom. The van der Waals surface area contributed by atoms with E-state index in [-0.39, 0.29) is 0 Å². The zero-order valence-corrected chi connectivity index (χ0v) is 15.2. The van der Waals surface area contributed by atoms with E-state index < -0.39 is 0 Å². The van der Waals surface area contributed by atoms with Gasteiger partial charge in [0.15, 0.2) is 0 Å². The highest BCUT2D eigenvalue weighted by Gasteiger charge is 2.16. The SMILES string of the molecule is CC1=Nc2cc(-c3cc(C(C)C)c(C)c(C(C)C)c3)ccc2C1. The van der Waals surface area contributed by atoms with Gasteiger partial charge in [-0.25, -0.2) is 0 Å². The molecule has 2 aromatic rings. The molecule has 2 aromatic carbocycles. The largest absolute Gasteiger partial charge is 0.257 e. The summed E-state index contributed by atoms with van der Waals surface area (Å²) >= 11 is 0. The van der Waals surface area contributed by atoms with Crippen LogP contribution in [-0.2, 0) is 6.42 Å². The summed E-state index contributed by atoms with van der Waals surface area (Å²) in [5.41, 5.74) is 10.7. The maximum absolute atomic E-state index is 4.69. The van der Waals surface area contributed by atoms with Gasteiger partial charge >= 0.3 is 0 Å². The fourth-order valence-corrected chi connectivity index (χ4v) is 3.64. The Bertz CT molecular complexity index is 750. The molecular formula is C22H27N. The van der Waals surface area contributed by atoms with Gasteiger partial charge in [-0.05, 0) is 65.1 Å². The number of benzene rings is 2. The van der Waals surface area contributed by atoms with E-state index in [9.17, 15) is 0 Å². The molecule has 1 aliphatic rings. The van der Waals surface area contributed by atoms with Crippen LogP contribution in [0.15, 0.2) is 35.3 Å². The number of fused-ring (bicyclic) bond motifs is 1. The third-order valence-electron chi connectivity index (χ3n) is 4.91. The van der Waals surface area contributed by atoms with E-state index in [4.69, 9.17) is 0 Å². The Labute approximate surface area is 140 Å². The van der Waals surface area contributed by atoms with E-state index in [1.807, 2.05) is 0 Å². The zero-order chi connectivity index (χ0) is 16.7. The monoisotopic (exact) mass is 305 g/mol. The molecule has 0 amide bonds. The summed E-state index contributed by atoms with van der Waals surface area (Å²) in [5, 5.41) is 0. The molecule has 0 spiro atoms. The molecule has 0 saturated heterocycles. The fraction of sp³-hybridized carbons (Fsp3) is 0.409. The van der Waals surface area contributed by atoms with E-state index in [2.05, 4.69) is 76.9 Å². The number of hydrogen-bond acceptors (Lipinski definition) is 1. The summed E-state index contributed by atoms with van der Waals surface area (Å²) in [4.78, 5) is 4.69. The Morgan fingerprint density at radius 2 is 1.43 bits per heavy atom. The highest BCUT2D eigenvalue weighted by Crippen LogP contribution is 2.36. The minimum atomic E-state index is 0.544. The van der Waals surface area contributed by atoms with Gasteiger partial charge in [-0.3, -0.25) is 4.99 Å². The minimum absolute atomic E-state index is 0.544. The third kappa shape index (κ3) is 2.97. The van der Waals surface area contributed by atoms with Gasteiger partial charge in [-0.2, -0.15) is 0 Å². The Morgan fingerprint density at radius 3 is 2.00 bits per heavy atom. The van der Waals surface area contributed by atoms with Crippen molar-refractivity contribution in [1.82, 2.24) is 0 Å². The Kier molecular flexibility index (Phi) is 4.14. The molecule has 0 aliphatic carbocycles. The van der Waals surface area contributed by atoms with E-state index in [1.165, 1.54) is 39.1 Å². The summed E-state index contributed by atoms with van der Waals surface area (Å²) in [6.07, 6.45) is 0.998. The van der Waals surface area contributed by atoms with Crippen molar-refractivity contribution in [2.45, 2.75) is 59.8 Å². The standard InChI is InChI=1S/C22H27N/c1-13(2)20-10-19(11-21(14(3)4)16(20)6)17-7-8-18-9-15(5)23-22(18)12-17/h7-8,10-14H,9H2,1-6H3. The number of nitrogens with zero attached hydrogens (tertiary/aromatic N) is 1. The van der Waals surface area contributed by atoms with Crippen molar-refractivity contribution in [2.24, 2.45) is 4.99 Å². The molecule has 0 radical (unpaired) electrons. The van der Waals surface area contributed by atoms with E-state index in [0.29, 0.717) is 11.8 Å². The van der Waals surface area contributed by atoms with Gasteiger partial charge in [-0.15, -0.1) is 0 Å². The normalized spacial score (nSPS) is 13.7. The van der Waals surface area contributed by atoms with Crippen molar-refractivity contribution in [1.29, 1.82) is 0 Å². The van der Waals surface area contributed by atoms with Crippen LogP contribution >= 0.6 is 0 Å². The van der Waals surface area contributed by atoms with Crippen LogP contribution in [0.3, 0.4) is 0 Å². The van der Waals surface area contributed by atoms with Crippen LogP contribution in [0.4, 0.5) is 5.69 Å². The zero-order valence-electron chi connectivity index (χ0n) is 15.2. The van der Waals surface area contributed by atoms with Gasteiger partial charge in [0.1, 0.15) is 0 Å². The average molecular weight is 305 g/mol. The lowest BCUT2D eigenvalue weighted by molar-refractivity contribution is 0.818. The number of hydrogen-bond donors (Lipinski definition) is 0. The molecule has 0 saturated carbocycles. The summed E-state index contributed by atoms with van der Waals surface area (Å²) in [5.74, 6) is 1.09. The third-order valence-corrected chi connectivity index (χ3v) is 4.91. The Balaban J connectivity index is 2.15. The average Bonchev–Trinajstić information content (AvgIpc) is 2.85. The molecule has 0 fully saturated rings. The molecule has 0 atom stereocenters.